The van der Waals surface area contributed by atoms with Crippen LogP contribution in [-0.2, 0) is 4.79 Å². The van der Waals surface area contributed by atoms with Crippen molar-refractivity contribution in [3.05, 3.63) is 53.1 Å². The molecule has 1 amide bonds. The first-order valence-electron chi connectivity index (χ1n) is 6.73. The molecule has 0 atom stereocenters. The Morgan fingerprint density at radius 3 is 2.96 bits per heavy atom. The number of thioether (sulfide) groups is 1. The van der Waals surface area contributed by atoms with Crippen LogP contribution >= 0.6 is 11.8 Å². The Morgan fingerprint density at radius 2 is 2.22 bits per heavy atom. The number of hydrogen-bond donors (Lipinski definition) is 2. The first-order valence-corrected chi connectivity index (χ1v) is 7.55. The number of nitrogens with zero attached hydrogens (tertiary/aromatic N) is 2. The van der Waals surface area contributed by atoms with Gasteiger partial charge in [0, 0.05) is 6.20 Å². The molecule has 1 saturated heterocycles. The van der Waals surface area contributed by atoms with Crippen LogP contribution in [-0.4, -0.2) is 28.3 Å². The molecule has 23 heavy (non-hydrogen) atoms. The zero-order chi connectivity index (χ0) is 16.2. The van der Waals surface area contributed by atoms with E-state index in [1.54, 1.807) is 36.5 Å². The van der Waals surface area contributed by atoms with E-state index < -0.39 is 0 Å². The summed E-state index contributed by atoms with van der Waals surface area (Å²) in [6.45, 7) is 0. The van der Waals surface area contributed by atoms with E-state index >= 15 is 0 Å². The Kier molecular flexibility index (Phi) is 4.29. The highest BCUT2D eigenvalue weighted by molar-refractivity contribution is 8.18. The first-order chi connectivity index (χ1) is 11.2. The number of aromatic nitrogens is 1. The number of amides is 1. The Hall–Kier alpha value is -2.80. The molecule has 1 aliphatic heterocycles. The number of carbonyl (C=O) groups excluding carboxylic acids is 1. The van der Waals surface area contributed by atoms with Gasteiger partial charge in [0.15, 0.2) is 22.5 Å². The predicted molar refractivity (Wildman–Crippen MR) is 89.7 cm³/mol. The van der Waals surface area contributed by atoms with Crippen LogP contribution in [0.15, 0.2) is 52.5 Å². The average molecular weight is 327 g/mol. The van der Waals surface area contributed by atoms with Gasteiger partial charge in [-0.3, -0.25) is 4.79 Å². The zero-order valence-corrected chi connectivity index (χ0v) is 13.0. The molecule has 1 aromatic heterocycles. The number of ether oxygens (including phenoxy) is 1. The van der Waals surface area contributed by atoms with Crippen LogP contribution in [0.1, 0.15) is 5.56 Å². The molecule has 0 unspecified atom stereocenters. The predicted octanol–water partition coefficient (Wildman–Crippen LogP) is 2.69. The molecule has 0 radical (unpaired) electrons. The number of aromatic hydroxyl groups is 1. The van der Waals surface area contributed by atoms with Crippen molar-refractivity contribution in [3.63, 3.8) is 0 Å². The lowest BCUT2D eigenvalue weighted by molar-refractivity contribution is -0.115. The van der Waals surface area contributed by atoms with Crippen LogP contribution in [0.5, 0.6) is 11.5 Å². The van der Waals surface area contributed by atoms with E-state index in [4.69, 9.17) is 4.74 Å². The second-order valence-electron chi connectivity index (χ2n) is 4.60. The molecule has 6 nitrogen and oxygen atoms in total. The number of aliphatic imine (C=N–C) groups is 1. The van der Waals surface area contributed by atoms with Crippen molar-refractivity contribution < 1.29 is 14.6 Å². The highest BCUT2D eigenvalue weighted by Gasteiger charge is 2.24. The molecule has 2 heterocycles. The lowest BCUT2D eigenvalue weighted by atomic mass is 10.2. The molecule has 0 spiro atoms. The highest BCUT2D eigenvalue weighted by atomic mass is 32.2. The fourth-order valence-corrected chi connectivity index (χ4v) is 2.77. The van der Waals surface area contributed by atoms with E-state index in [0.717, 1.165) is 5.56 Å². The van der Waals surface area contributed by atoms with Crippen molar-refractivity contribution in [2.24, 2.45) is 4.99 Å². The van der Waals surface area contributed by atoms with Crippen LogP contribution in [0, 0.1) is 0 Å². The van der Waals surface area contributed by atoms with E-state index in [2.05, 4.69) is 15.3 Å². The Morgan fingerprint density at radius 1 is 1.35 bits per heavy atom. The van der Waals surface area contributed by atoms with Gasteiger partial charge in [-0.05, 0) is 47.7 Å². The summed E-state index contributed by atoms with van der Waals surface area (Å²) in [4.78, 5) is 20.9. The van der Waals surface area contributed by atoms with Crippen molar-refractivity contribution in [1.29, 1.82) is 0 Å². The maximum atomic E-state index is 12.0. The van der Waals surface area contributed by atoms with E-state index in [1.807, 2.05) is 6.07 Å². The molecule has 2 aromatic rings. The molecule has 1 aliphatic rings. The summed E-state index contributed by atoms with van der Waals surface area (Å²) in [6.07, 6.45) is 3.35. The molecule has 0 saturated carbocycles. The number of hydrogen-bond acceptors (Lipinski definition) is 6. The topological polar surface area (TPSA) is 83.8 Å². The second-order valence-corrected chi connectivity index (χ2v) is 5.63. The van der Waals surface area contributed by atoms with Gasteiger partial charge in [0.1, 0.15) is 0 Å². The SMILES string of the molecule is COc1cc(C=C2SC(=Nc3ccccn3)NC2=O)ccc1O. The Balaban J connectivity index is 1.84. The van der Waals surface area contributed by atoms with Gasteiger partial charge in [-0.15, -0.1) is 0 Å². The average Bonchev–Trinajstić information content (AvgIpc) is 2.89. The van der Waals surface area contributed by atoms with Crippen LogP contribution in [0.4, 0.5) is 5.82 Å². The van der Waals surface area contributed by atoms with E-state index in [9.17, 15) is 9.90 Å². The van der Waals surface area contributed by atoms with Gasteiger partial charge in [-0.25, -0.2) is 9.98 Å². The molecular weight excluding hydrogens is 314 g/mol. The molecule has 0 aliphatic carbocycles. The summed E-state index contributed by atoms with van der Waals surface area (Å²) in [5.74, 6) is 0.709. The van der Waals surface area contributed by atoms with Crippen LogP contribution in [0.3, 0.4) is 0 Å². The van der Waals surface area contributed by atoms with E-state index in [0.29, 0.717) is 21.6 Å². The van der Waals surface area contributed by atoms with Gasteiger partial charge < -0.3 is 15.2 Å². The number of phenolic OH excluding ortho intramolecular Hbond substituents is 1. The monoisotopic (exact) mass is 327 g/mol. The molecule has 1 fully saturated rings. The van der Waals surface area contributed by atoms with Crippen molar-refractivity contribution in [2.75, 3.05) is 7.11 Å². The maximum Gasteiger partial charge on any atom is 0.264 e. The Bertz CT molecular complexity index is 803. The van der Waals surface area contributed by atoms with Crippen LogP contribution in [0.2, 0.25) is 0 Å². The minimum absolute atomic E-state index is 0.0515. The Labute approximate surface area is 136 Å². The third kappa shape index (κ3) is 3.51. The number of benzene rings is 1. The summed E-state index contributed by atoms with van der Waals surface area (Å²) >= 11 is 1.23. The largest absolute Gasteiger partial charge is 0.504 e. The molecule has 2 N–H and O–H groups in total. The minimum atomic E-state index is -0.225. The number of nitrogens with one attached hydrogen (secondary N) is 1. The van der Waals surface area contributed by atoms with Crippen LogP contribution < -0.4 is 10.1 Å². The molecule has 7 heteroatoms. The highest BCUT2D eigenvalue weighted by Crippen LogP contribution is 2.31. The molecular formula is C16H13N3O3S. The molecule has 3 rings (SSSR count). The number of carbonyl (C=O) groups is 1. The quantitative estimate of drug-likeness (QED) is 0.847. The van der Waals surface area contributed by atoms with Gasteiger partial charge >= 0.3 is 0 Å². The molecule has 116 valence electrons. The summed E-state index contributed by atoms with van der Waals surface area (Å²) in [5, 5.41) is 12.8. The summed E-state index contributed by atoms with van der Waals surface area (Å²) in [5.41, 5.74) is 0.747. The van der Waals surface area contributed by atoms with Gasteiger partial charge in [-0.2, -0.15) is 0 Å². The zero-order valence-electron chi connectivity index (χ0n) is 12.2. The van der Waals surface area contributed by atoms with Crippen LogP contribution in [0.25, 0.3) is 6.08 Å². The fraction of sp³-hybridized carbons (Fsp3) is 0.0625. The van der Waals surface area contributed by atoms with Gasteiger partial charge in [0.2, 0.25) is 0 Å². The van der Waals surface area contributed by atoms with Crippen molar-refractivity contribution in [3.8, 4) is 11.5 Å². The van der Waals surface area contributed by atoms with Gasteiger partial charge in [0.25, 0.3) is 5.91 Å². The fourth-order valence-electron chi connectivity index (χ4n) is 1.94. The summed E-state index contributed by atoms with van der Waals surface area (Å²) in [6, 6.07) is 10.3. The van der Waals surface area contributed by atoms with E-state index in [-0.39, 0.29) is 11.7 Å². The van der Waals surface area contributed by atoms with Gasteiger partial charge in [-0.1, -0.05) is 12.1 Å². The number of rotatable bonds is 3. The van der Waals surface area contributed by atoms with Gasteiger partial charge in [0.05, 0.1) is 12.0 Å². The smallest absolute Gasteiger partial charge is 0.264 e. The summed E-state index contributed by atoms with van der Waals surface area (Å²) in [7, 11) is 1.47. The normalized spacial score (nSPS) is 17.5. The van der Waals surface area contributed by atoms with Crippen molar-refractivity contribution >= 4 is 34.7 Å². The third-order valence-corrected chi connectivity index (χ3v) is 3.93. The number of phenols is 1. The van der Waals surface area contributed by atoms with Crippen molar-refractivity contribution in [1.82, 2.24) is 10.3 Å². The lowest BCUT2D eigenvalue weighted by Gasteiger charge is -2.03. The number of amidine groups is 1. The number of pyridine rings is 1. The second kappa shape index (κ2) is 6.53. The molecule has 1 aromatic carbocycles. The van der Waals surface area contributed by atoms with E-state index in [1.165, 1.54) is 24.9 Å². The molecule has 0 bridgehead atoms. The number of methoxy groups -OCH3 is 1. The first kappa shape index (κ1) is 15.1. The summed E-state index contributed by atoms with van der Waals surface area (Å²) < 4.78 is 5.06. The minimum Gasteiger partial charge on any atom is -0.504 e. The van der Waals surface area contributed by atoms with Crippen molar-refractivity contribution in [2.45, 2.75) is 0 Å². The maximum absolute atomic E-state index is 12.0. The standard InChI is InChI=1S/C16H13N3O3S/c1-22-12-8-10(5-6-11(12)20)9-13-15(21)19-16(23-13)18-14-4-2-3-7-17-14/h2-9,20H,1H3,(H,17,18,19,21). The third-order valence-electron chi connectivity index (χ3n) is 3.02. The lowest BCUT2D eigenvalue weighted by Crippen LogP contribution is -2.19.